The van der Waals surface area contributed by atoms with E-state index < -0.39 is 16.1 Å². The second-order valence-electron chi connectivity index (χ2n) is 7.77. The topological polar surface area (TPSA) is 114 Å². The number of hydrogen-bond donors (Lipinski definition) is 0. The molecule has 0 atom stereocenters. The lowest BCUT2D eigenvalue weighted by atomic mass is 10.0. The largest absolute Gasteiger partial charge is 0.456 e. The number of carbonyl (C=O) groups excluding carboxylic acids is 3. The van der Waals surface area contributed by atoms with Crippen LogP contribution in [0.15, 0.2) is 33.6 Å². The van der Waals surface area contributed by atoms with Gasteiger partial charge in [-0.15, -0.1) is 0 Å². The average Bonchev–Trinajstić information content (AvgIpc) is 3.48. The predicted molar refractivity (Wildman–Crippen MR) is 119 cm³/mol. The van der Waals surface area contributed by atoms with Gasteiger partial charge < -0.3 is 9.32 Å². The molecule has 2 aliphatic rings. The van der Waals surface area contributed by atoms with E-state index in [9.17, 15) is 24.5 Å². The highest BCUT2D eigenvalue weighted by atomic mass is 32.2. The number of likely N-dealkylation sites (tertiary alicyclic amines) is 1. The molecule has 2 fully saturated rings. The van der Waals surface area contributed by atoms with Crippen LogP contribution in [0.1, 0.15) is 29.7 Å². The van der Waals surface area contributed by atoms with E-state index in [2.05, 4.69) is 0 Å². The van der Waals surface area contributed by atoms with Crippen LogP contribution in [0, 0.1) is 24.0 Å². The summed E-state index contributed by atoms with van der Waals surface area (Å²) in [6.45, 7) is 4.66. The Morgan fingerprint density at radius 1 is 1.19 bits per heavy atom. The van der Waals surface area contributed by atoms with Crippen LogP contribution in [0.4, 0.5) is 10.5 Å². The molecule has 2 aromatic rings. The molecule has 0 N–H and O–H groups in total. The number of amides is 3. The van der Waals surface area contributed by atoms with Gasteiger partial charge in [-0.2, -0.15) is 0 Å². The molecule has 2 saturated heterocycles. The minimum atomic E-state index is -0.553. The van der Waals surface area contributed by atoms with Crippen molar-refractivity contribution in [2.45, 2.75) is 26.7 Å². The Kier molecular flexibility index (Phi) is 5.88. The third kappa shape index (κ3) is 4.18. The average molecular weight is 455 g/mol. The summed E-state index contributed by atoms with van der Waals surface area (Å²) in [5.41, 5.74) is 1.94. The standard InChI is InChI=1S/C22H21N3O6S/c1-13-9-16(17(25(29)30)10-14(13)2)18-6-5-15(31-18)11-19-21(27)24(22(28)32-19)12-20(26)23-7-3-4-8-23/h5-6,9-11H,3-4,7-8,12H2,1-2H3/b19-11-. The summed E-state index contributed by atoms with van der Waals surface area (Å²) in [7, 11) is 0. The Bertz CT molecular complexity index is 1160. The summed E-state index contributed by atoms with van der Waals surface area (Å²) in [5.74, 6) is -0.227. The molecule has 9 nitrogen and oxygen atoms in total. The van der Waals surface area contributed by atoms with Crippen LogP contribution < -0.4 is 0 Å². The van der Waals surface area contributed by atoms with Crippen molar-refractivity contribution in [2.75, 3.05) is 19.6 Å². The van der Waals surface area contributed by atoms with Gasteiger partial charge in [-0.1, -0.05) is 0 Å². The molecule has 3 heterocycles. The monoisotopic (exact) mass is 455 g/mol. The van der Waals surface area contributed by atoms with Crippen molar-refractivity contribution in [3.63, 3.8) is 0 Å². The number of nitrogens with zero attached hydrogens (tertiary/aromatic N) is 3. The summed E-state index contributed by atoms with van der Waals surface area (Å²) < 4.78 is 5.75. The lowest BCUT2D eigenvalue weighted by molar-refractivity contribution is -0.384. The molecule has 0 unspecified atom stereocenters. The van der Waals surface area contributed by atoms with Crippen molar-refractivity contribution in [2.24, 2.45) is 0 Å². The van der Waals surface area contributed by atoms with Crippen LogP contribution in [0.2, 0.25) is 0 Å². The molecule has 2 aliphatic heterocycles. The van der Waals surface area contributed by atoms with E-state index in [0.29, 0.717) is 18.7 Å². The van der Waals surface area contributed by atoms with E-state index in [1.807, 2.05) is 6.92 Å². The summed E-state index contributed by atoms with van der Waals surface area (Å²) >= 11 is 0.738. The van der Waals surface area contributed by atoms with Crippen LogP contribution in [-0.4, -0.2) is 51.4 Å². The van der Waals surface area contributed by atoms with Gasteiger partial charge in [0.15, 0.2) is 0 Å². The van der Waals surface area contributed by atoms with Gasteiger partial charge in [0, 0.05) is 25.2 Å². The molecular formula is C22H21N3O6S. The van der Waals surface area contributed by atoms with Crippen molar-refractivity contribution >= 4 is 40.6 Å². The number of carbonyl (C=O) groups is 3. The van der Waals surface area contributed by atoms with E-state index in [1.165, 1.54) is 12.1 Å². The highest BCUT2D eigenvalue weighted by molar-refractivity contribution is 8.18. The maximum absolute atomic E-state index is 12.7. The lowest BCUT2D eigenvalue weighted by Gasteiger charge is -2.18. The molecule has 10 heteroatoms. The highest BCUT2D eigenvalue weighted by Crippen LogP contribution is 2.36. The zero-order valence-corrected chi connectivity index (χ0v) is 18.4. The maximum atomic E-state index is 12.7. The fourth-order valence-corrected chi connectivity index (χ4v) is 4.51. The molecule has 3 amide bonds. The number of nitro benzene ring substituents is 1. The second-order valence-corrected chi connectivity index (χ2v) is 8.76. The number of thioether (sulfide) groups is 1. The third-order valence-corrected chi connectivity index (χ3v) is 6.51. The normalized spacial score (nSPS) is 17.6. The zero-order valence-electron chi connectivity index (χ0n) is 17.6. The van der Waals surface area contributed by atoms with Crippen LogP contribution >= 0.6 is 11.8 Å². The number of rotatable bonds is 5. The van der Waals surface area contributed by atoms with Gasteiger partial charge in [-0.25, -0.2) is 0 Å². The lowest BCUT2D eigenvalue weighted by Crippen LogP contribution is -2.40. The number of nitro groups is 1. The first-order valence-corrected chi connectivity index (χ1v) is 10.9. The van der Waals surface area contributed by atoms with Gasteiger partial charge in [-0.05, 0) is 67.8 Å². The molecule has 0 spiro atoms. The zero-order chi connectivity index (χ0) is 23.0. The minimum absolute atomic E-state index is 0.0743. The fraction of sp³-hybridized carbons (Fsp3) is 0.318. The van der Waals surface area contributed by atoms with Crippen molar-refractivity contribution in [1.82, 2.24) is 9.80 Å². The molecule has 32 heavy (non-hydrogen) atoms. The van der Waals surface area contributed by atoms with Gasteiger partial charge in [0.1, 0.15) is 18.1 Å². The summed E-state index contributed by atoms with van der Waals surface area (Å²) in [6.07, 6.45) is 3.27. The van der Waals surface area contributed by atoms with Gasteiger partial charge in [0.05, 0.1) is 15.4 Å². The molecule has 4 rings (SSSR count). The number of furan rings is 1. The first-order chi connectivity index (χ1) is 15.2. The first kappa shape index (κ1) is 21.8. The van der Waals surface area contributed by atoms with E-state index in [-0.39, 0.29) is 34.6 Å². The number of benzene rings is 1. The van der Waals surface area contributed by atoms with Crippen molar-refractivity contribution in [1.29, 1.82) is 0 Å². The van der Waals surface area contributed by atoms with Gasteiger partial charge in [-0.3, -0.25) is 29.4 Å². The molecule has 166 valence electrons. The van der Waals surface area contributed by atoms with E-state index >= 15 is 0 Å². The van der Waals surface area contributed by atoms with E-state index in [0.717, 1.165) is 40.6 Å². The fourth-order valence-electron chi connectivity index (χ4n) is 3.69. The summed E-state index contributed by atoms with van der Waals surface area (Å²) in [5, 5.41) is 11.0. The molecule has 0 bridgehead atoms. The van der Waals surface area contributed by atoms with Crippen molar-refractivity contribution < 1.29 is 23.7 Å². The summed E-state index contributed by atoms with van der Waals surface area (Å²) in [4.78, 5) is 51.1. The quantitative estimate of drug-likeness (QED) is 0.378. The van der Waals surface area contributed by atoms with Crippen LogP contribution in [-0.2, 0) is 9.59 Å². The molecule has 0 saturated carbocycles. The second kappa shape index (κ2) is 8.62. The number of hydrogen-bond acceptors (Lipinski definition) is 7. The summed E-state index contributed by atoms with van der Waals surface area (Å²) in [6, 6.07) is 6.35. The Morgan fingerprint density at radius 2 is 1.88 bits per heavy atom. The molecule has 0 radical (unpaired) electrons. The van der Waals surface area contributed by atoms with E-state index in [1.54, 1.807) is 30.0 Å². The van der Waals surface area contributed by atoms with Gasteiger partial charge >= 0.3 is 0 Å². The van der Waals surface area contributed by atoms with Crippen LogP contribution in [0.5, 0.6) is 0 Å². The Balaban J connectivity index is 1.55. The number of imide groups is 1. The highest BCUT2D eigenvalue weighted by Gasteiger charge is 2.37. The maximum Gasteiger partial charge on any atom is 0.294 e. The van der Waals surface area contributed by atoms with Crippen molar-refractivity contribution in [3.8, 4) is 11.3 Å². The smallest absolute Gasteiger partial charge is 0.294 e. The Morgan fingerprint density at radius 3 is 2.56 bits per heavy atom. The third-order valence-electron chi connectivity index (χ3n) is 5.60. The Labute approximate surface area is 188 Å². The van der Waals surface area contributed by atoms with Gasteiger partial charge in [0.2, 0.25) is 5.91 Å². The van der Waals surface area contributed by atoms with E-state index in [4.69, 9.17) is 4.42 Å². The first-order valence-electron chi connectivity index (χ1n) is 10.1. The van der Waals surface area contributed by atoms with Crippen molar-refractivity contribution in [3.05, 3.63) is 56.2 Å². The Hall–Kier alpha value is -3.40. The SMILES string of the molecule is Cc1cc(-c2ccc(/C=C3\SC(=O)N(CC(=O)N4CCCC4)C3=O)o2)c([N+](=O)[O-])cc1C. The molecule has 1 aromatic carbocycles. The molecular weight excluding hydrogens is 434 g/mol. The minimum Gasteiger partial charge on any atom is -0.456 e. The van der Waals surface area contributed by atoms with Crippen LogP contribution in [0.3, 0.4) is 0 Å². The van der Waals surface area contributed by atoms with Crippen LogP contribution in [0.25, 0.3) is 17.4 Å². The molecule has 1 aromatic heterocycles. The molecule has 0 aliphatic carbocycles. The van der Waals surface area contributed by atoms with Gasteiger partial charge in [0.25, 0.3) is 16.8 Å². The number of aryl methyl sites for hydroxylation is 2. The predicted octanol–water partition coefficient (Wildman–Crippen LogP) is 4.13.